The molecule has 0 bridgehead atoms. The molecule has 2 atom stereocenters. The maximum atomic E-state index is 11.7. The summed E-state index contributed by atoms with van der Waals surface area (Å²) in [7, 11) is 0. The van der Waals surface area contributed by atoms with E-state index in [0.717, 1.165) is 5.56 Å². The lowest BCUT2D eigenvalue weighted by Crippen LogP contribution is -2.21. The van der Waals surface area contributed by atoms with Gasteiger partial charge in [-0.3, -0.25) is 4.79 Å². The molecule has 0 fully saturated rings. The van der Waals surface area contributed by atoms with E-state index in [0.29, 0.717) is 16.8 Å². The van der Waals surface area contributed by atoms with Crippen molar-refractivity contribution in [3.05, 3.63) is 65.2 Å². The number of hydrogen-bond donors (Lipinski definition) is 3. The number of carbonyl (C=O) groups is 2. The van der Waals surface area contributed by atoms with E-state index in [9.17, 15) is 14.7 Å². The standard InChI is InChI=1S/C21H25NO4/c1-13(19(23)24)14-7-11-17(12-8-14)22-18(20(25)26)15-5-9-16(10-6-15)21(2,3)4/h5-13,18,22H,1-4H3,(H,23,24)(H,25,26)/t13-,18?/m0/s1. The maximum absolute atomic E-state index is 11.7. The van der Waals surface area contributed by atoms with Crippen molar-refractivity contribution in [1.29, 1.82) is 0 Å². The first-order chi connectivity index (χ1) is 12.1. The average molecular weight is 355 g/mol. The molecule has 5 nitrogen and oxygen atoms in total. The van der Waals surface area contributed by atoms with Crippen LogP contribution in [-0.4, -0.2) is 22.2 Å². The smallest absolute Gasteiger partial charge is 0.330 e. The van der Waals surface area contributed by atoms with Gasteiger partial charge in [-0.2, -0.15) is 0 Å². The fourth-order valence-corrected chi connectivity index (χ4v) is 2.64. The minimum Gasteiger partial charge on any atom is -0.481 e. The highest BCUT2D eigenvalue weighted by Crippen LogP contribution is 2.26. The maximum Gasteiger partial charge on any atom is 0.330 e. The summed E-state index contributed by atoms with van der Waals surface area (Å²) in [6, 6.07) is 13.5. The molecule has 0 heterocycles. The molecule has 138 valence electrons. The van der Waals surface area contributed by atoms with Gasteiger partial charge >= 0.3 is 11.9 Å². The van der Waals surface area contributed by atoms with Crippen molar-refractivity contribution >= 4 is 17.6 Å². The lowest BCUT2D eigenvalue weighted by molar-refractivity contribution is -0.139. The highest BCUT2D eigenvalue weighted by Gasteiger charge is 2.21. The minimum atomic E-state index is -0.975. The summed E-state index contributed by atoms with van der Waals surface area (Å²) in [4.78, 5) is 22.8. The van der Waals surface area contributed by atoms with Crippen LogP contribution in [0, 0.1) is 0 Å². The third-order valence-corrected chi connectivity index (χ3v) is 4.45. The zero-order valence-corrected chi connectivity index (χ0v) is 15.5. The fraction of sp³-hybridized carbons (Fsp3) is 0.333. The number of nitrogens with one attached hydrogen (secondary N) is 1. The third-order valence-electron chi connectivity index (χ3n) is 4.45. The van der Waals surface area contributed by atoms with Crippen molar-refractivity contribution in [2.45, 2.75) is 45.1 Å². The van der Waals surface area contributed by atoms with E-state index < -0.39 is 23.9 Å². The van der Waals surface area contributed by atoms with Gasteiger partial charge in [-0.25, -0.2) is 4.79 Å². The molecule has 0 spiro atoms. The Labute approximate surface area is 153 Å². The molecule has 0 aliphatic heterocycles. The molecule has 0 amide bonds. The monoisotopic (exact) mass is 355 g/mol. The van der Waals surface area contributed by atoms with Gasteiger partial charge in [0.05, 0.1) is 5.92 Å². The molecule has 26 heavy (non-hydrogen) atoms. The normalized spacial score (nSPS) is 13.7. The number of hydrogen-bond acceptors (Lipinski definition) is 3. The van der Waals surface area contributed by atoms with Crippen molar-refractivity contribution in [1.82, 2.24) is 0 Å². The molecule has 2 aromatic rings. The first-order valence-corrected chi connectivity index (χ1v) is 8.52. The van der Waals surface area contributed by atoms with E-state index in [1.54, 1.807) is 31.2 Å². The third kappa shape index (κ3) is 4.63. The van der Waals surface area contributed by atoms with Gasteiger partial charge in [-0.1, -0.05) is 57.2 Å². The zero-order valence-electron chi connectivity index (χ0n) is 15.5. The molecule has 3 N–H and O–H groups in total. The summed E-state index contributed by atoms with van der Waals surface area (Å²) in [6.07, 6.45) is 0. The molecule has 0 aromatic heterocycles. The van der Waals surface area contributed by atoms with Crippen LogP contribution in [0.1, 0.15) is 56.3 Å². The van der Waals surface area contributed by atoms with Gasteiger partial charge in [0.2, 0.25) is 0 Å². The van der Waals surface area contributed by atoms with Crippen LogP contribution in [0.25, 0.3) is 0 Å². The second-order valence-corrected chi connectivity index (χ2v) is 7.47. The van der Waals surface area contributed by atoms with Gasteiger partial charge in [0.15, 0.2) is 6.04 Å². The van der Waals surface area contributed by atoms with E-state index in [1.165, 1.54) is 0 Å². The Morgan fingerprint density at radius 1 is 0.846 bits per heavy atom. The molecule has 0 radical (unpaired) electrons. The number of benzene rings is 2. The lowest BCUT2D eigenvalue weighted by atomic mass is 9.86. The van der Waals surface area contributed by atoms with Crippen molar-refractivity contribution in [2.75, 3.05) is 5.32 Å². The number of aliphatic carboxylic acids is 2. The molecule has 0 saturated carbocycles. The first-order valence-electron chi connectivity index (χ1n) is 8.52. The van der Waals surface area contributed by atoms with Crippen LogP contribution in [0.5, 0.6) is 0 Å². The summed E-state index contributed by atoms with van der Waals surface area (Å²) in [5, 5.41) is 21.7. The zero-order chi connectivity index (χ0) is 19.5. The fourth-order valence-electron chi connectivity index (χ4n) is 2.64. The quantitative estimate of drug-likeness (QED) is 0.714. The molecular formula is C21H25NO4. The Bertz CT molecular complexity index is 773. The van der Waals surface area contributed by atoms with Crippen molar-refractivity contribution in [2.24, 2.45) is 0 Å². The molecular weight excluding hydrogens is 330 g/mol. The van der Waals surface area contributed by atoms with E-state index in [4.69, 9.17) is 5.11 Å². The number of rotatable bonds is 6. The van der Waals surface area contributed by atoms with Crippen LogP contribution in [-0.2, 0) is 15.0 Å². The van der Waals surface area contributed by atoms with Crippen LogP contribution in [0.2, 0.25) is 0 Å². The number of carboxylic acid groups (broad SMARTS) is 2. The Kier molecular flexibility index (Phi) is 5.70. The Morgan fingerprint density at radius 2 is 1.35 bits per heavy atom. The summed E-state index contributed by atoms with van der Waals surface area (Å²) in [6.45, 7) is 7.93. The molecule has 0 aliphatic rings. The van der Waals surface area contributed by atoms with Gasteiger partial charge in [-0.15, -0.1) is 0 Å². The summed E-state index contributed by atoms with van der Waals surface area (Å²) >= 11 is 0. The van der Waals surface area contributed by atoms with Crippen molar-refractivity contribution in [3.63, 3.8) is 0 Å². The van der Waals surface area contributed by atoms with Crippen LogP contribution in [0.15, 0.2) is 48.5 Å². The molecule has 2 rings (SSSR count). The van der Waals surface area contributed by atoms with Gasteiger partial charge in [0.1, 0.15) is 0 Å². The van der Waals surface area contributed by atoms with Crippen LogP contribution in [0.4, 0.5) is 5.69 Å². The molecule has 0 aliphatic carbocycles. The topological polar surface area (TPSA) is 86.6 Å². The molecule has 0 saturated heterocycles. The highest BCUT2D eigenvalue weighted by atomic mass is 16.4. The molecule has 2 aromatic carbocycles. The predicted molar refractivity (Wildman–Crippen MR) is 102 cm³/mol. The second kappa shape index (κ2) is 7.60. The van der Waals surface area contributed by atoms with Crippen LogP contribution >= 0.6 is 0 Å². The first kappa shape index (κ1) is 19.5. The van der Waals surface area contributed by atoms with Crippen molar-refractivity contribution < 1.29 is 19.8 Å². The largest absolute Gasteiger partial charge is 0.481 e. The van der Waals surface area contributed by atoms with Crippen LogP contribution < -0.4 is 5.32 Å². The summed E-state index contributed by atoms with van der Waals surface area (Å²) < 4.78 is 0. The Morgan fingerprint density at radius 3 is 1.77 bits per heavy atom. The van der Waals surface area contributed by atoms with Crippen LogP contribution in [0.3, 0.4) is 0 Å². The molecule has 5 heteroatoms. The average Bonchev–Trinajstić information content (AvgIpc) is 2.58. The lowest BCUT2D eigenvalue weighted by Gasteiger charge is -2.21. The number of carboxylic acids is 2. The highest BCUT2D eigenvalue weighted by molar-refractivity contribution is 5.79. The second-order valence-electron chi connectivity index (χ2n) is 7.47. The summed E-state index contributed by atoms with van der Waals surface area (Å²) in [5.41, 5.74) is 3.09. The minimum absolute atomic E-state index is 0.00133. The van der Waals surface area contributed by atoms with E-state index in [1.807, 2.05) is 24.3 Å². The Balaban J connectivity index is 2.21. The SMILES string of the molecule is C[C@H](C(=O)O)c1ccc(NC(C(=O)O)c2ccc(C(C)(C)C)cc2)cc1. The molecule has 1 unspecified atom stereocenters. The number of anilines is 1. The van der Waals surface area contributed by atoms with Gasteiger partial charge in [-0.05, 0) is 41.2 Å². The Hall–Kier alpha value is -2.82. The van der Waals surface area contributed by atoms with Crippen molar-refractivity contribution in [3.8, 4) is 0 Å². The van der Waals surface area contributed by atoms with Gasteiger partial charge in [0.25, 0.3) is 0 Å². The van der Waals surface area contributed by atoms with E-state index in [-0.39, 0.29) is 5.41 Å². The summed E-state index contributed by atoms with van der Waals surface area (Å²) in [5.74, 6) is -2.48. The predicted octanol–water partition coefficient (Wildman–Crippen LogP) is 4.41. The van der Waals surface area contributed by atoms with Gasteiger partial charge in [0, 0.05) is 5.69 Å². The van der Waals surface area contributed by atoms with Gasteiger partial charge < -0.3 is 15.5 Å². The van der Waals surface area contributed by atoms with E-state index >= 15 is 0 Å². The van der Waals surface area contributed by atoms with E-state index in [2.05, 4.69) is 26.1 Å².